The van der Waals surface area contributed by atoms with E-state index in [2.05, 4.69) is 15.6 Å². The number of nitrogens with one attached hydrogen (secondary N) is 2. The van der Waals surface area contributed by atoms with Gasteiger partial charge in [0.25, 0.3) is 5.91 Å². The summed E-state index contributed by atoms with van der Waals surface area (Å²) >= 11 is 0. The molecule has 0 spiro atoms. The number of aromatic nitrogens is 1. The molecule has 1 heterocycles. The van der Waals surface area contributed by atoms with Gasteiger partial charge in [-0.1, -0.05) is 17.7 Å². The van der Waals surface area contributed by atoms with E-state index >= 15 is 0 Å². The molecule has 0 fully saturated rings. The fourth-order valence-electron chi connectivity index (χ4n) is 2.52. The van der Waals surface area contributed by atoms with Crippen LogP contribution in [-0.4, -0.2) is 17.0 Å². The Hall–Kier alpha value is -3.34. The van der Waals surface area contributed by atoms with Crippen LogP contribution in [0.2, 0.25) is 0 Å². The first-order valence-electron chi connectivity index (χ1n) is 8.87. The van der Waals surface area contributed by atoms with Crippen molar-refractivity contribution >= 4 is 23.1 Å². The highest BCUT2D eigenvalue weighted by Gasteiger charge is 2.08. The van der Waals surface area contributed by atoms with Crippen molar-refractivity contribution in [2.24, 2.45) is 0 Å². The number of hydrogen-bond donors (Lipinski definition) is 2. The number of aryl methyl sites for hydroxylation is 1. The minimum atomic E-state index is -0.176. The maximum atomic E-state index is 12.5. The third-order valence-electron chi connectivity index (χ3n) is 3.83. The van der Waals surface area contributed by atoms with Gasteiger partial charge in [0.15, 0.2) is 0 Å². The Morgan fingerprint density at radius 3 is 2.30 bits per heavy atom. The molecule has 138 valence electrons. The number of rotatable bonds is 6. The highest BCUT2D eigenvalue weighted by molar-refractivity contribution is 6.04. The normalized spacial score (nSPS) is 10.5. The van der Waals surface area contributed by atoms with E-state index in [0.29, 0.717) is 11.4 Å². The monoisotopic (exact) mass is 361 g/mol. The van der Waals surface area contributed by atoms with Gasteiger partial charge < -0.3 is 15.4 Å². The Balaban J connectivity index is 1.67. The number of nitrogens with zero attached hydrogens (tertiary/aromatic N) is 1. The number of amides is 1. The molecule has 2 N–H and O–H groups in total. The topological polar surface area (TPSA) is 63.2 Å². The summed E-state index contributed by atoms with van der Waals surface area (Å²) in [4.78, 5) is 16.8. The molecule has 0 saturated carbocycles. The van der Waals surface area contributed by atoms with Crippen molar-refractivity contribution in [2.45, 2.75) is 26.9 Å². The lowest BCUT2D eigenvalue weighted by molar-refractivity contribution is 0.102. The Kier molecular flexibility index (Phi) is 5.71. The van der Waals surface area contributed by atoms with E-state index in [0.717, 1.165) is 22.7 Å². The average Bonchev–Trinajstić information content (AvgIpc) is 2.65. The zero-order valence-electron chi connectivity index (χ0n) is 15.7. The molecule has 27 heavy (non-hydrogen) atoms. The van der Waals surface area contributed by atoms with Crippen LogP contribution in [-0.2, 0) is 0 Å². The number of benzene rings is 2. The van der Waals surface area contributed by atoms with Gasteiger partial charge >= 0.3 is 0 Å². The lowest BCUT2D eigenvalue weighted by atomic mass is 10.2. The summed E-state index contributed by atoms with van der Waals surface area (Å²) in [6.45, 7) is 5.99. The Morgan fingerprint density at radius 1 is 0.963 bits per heavy atom. The van der Waals surface area contributed by atoms with Crippen LogP contribution < -0.4 is 15.4 Å². The van der Waals surface area contributed by atoms with Gasteiger partial charge in [0.2, 0.25) is 0 Å². The van der Waals surface area contributed by atoms with Gasteiger partial charge in [-0.2, -0.15) is 0 Å². The number of pyridine rings is 1. The SMILES string of the molecule is Cc1ccc(NC(=O)c2ccnc(Nc3ccc(OC(C)C)cc3)c2)cc1. The second kappa shape index (κ2) is 8.36. The molecule has 0 aliphatic rings. The van der Waals surface area contributed by atoms with E-state index in [1.807, 2.05) is 69.3 Å². The Labute approximate surface area is 159 Å². The van der Waals surface area contributed by atoms with Crippen molar-refractivity contribution in [1.82, 2.24) is 4.98 Å². The molecule has 0 aliphatic heterocycles. The van der Waals surface area contributed by atoms with E-state index in [-0.39, 0.29) is 12.0 Å². The maximum absolute atomic E-state index is 12.5. The molecule has 0 aliphatic carbocycles. The summed E-state index contributed by atoms with van der Waals surface area (Å²) in [6, 6.07) is 18.7. The lowest BCUT2D eigenvalue weighted by Gasteiger charge is -2.11. The van der Waals surface area contributed by atoms with Crippen LogP contribution in [0.25, 0.3) is 0 Å². The smallest absolute Gasteiger partial charge is 0.255 e. The van der Waals surface area contributed by atoms with Crippen molar-refractivity contribution in [2.75, 3.05) is 10.6 Å². The second-order valence-electron chi connectivity index (χ2n) is 6.57. The van der Waals surface area contributed by atoms with Gasteiger partial charge in [-0.05, 0) is 69.3 Å². The summed E-state index contributed by atoms with van der Waals surface area (Å²) < 4.78 is 5.64. The summed E-state index contributed by atoms with van der Waals surface area (Å²) in [5.41, 5.74) is 3.31. The summed E-state index contributed by atoms with van der Waals surface area (Å²) in [7, 11) is 0. The minimum absolute atomic E-state index is 0.134. The predicted molar refractivity (Wildman–Crippen MR) is 109 cm³/mol. The number of anilines is 3. The summed E-state index contributed by atoms with van der Waals surface area (Å²) in [6.07, 6.45) is 1.75. The average molecular weight is 361 g/mol. The van der Waals surface area contributed by atoms with Crippen molar-refractivity contribution in [3.8, 4) is 5.75 Å². The molecule has 5 heteroatoms. The first-order chi connectivity index (χ1) is 13.0. The standard InChI is InChI=1S/C22H23N3O2/c1-15(2)27-20-10-8-18(9-11-20)24-21-14-17(12-13-23-21)22(26)25-19-6-4-16(3)5-7-19/h4-15H,1-3H3,(H,23,24)(H,25,26). The summed E-state index contributed by atoms with van der Waals surface area (Å²) in [5.74, 6) is 1.24. The molecule has 0 bridgehead atoms. The molecule has 1 amide bonds. The van der Waals surface area contributed by atoms with Gasteiger partial charge in [0, 0.05) is 23.1 Å². The van der Waals surface area contributed by atoms with Crippen molar-refractivity contribution in [1.29, 1.82) is 0 Å². The molecule has 3 aromatic rings. The van der Waals surface area contributed by atoms with Crippen molar-refractivity contribution in [3.63, 3.8) is 0 Å². The highest BCUT2D eigenvalue weighted by Crippen LogP contribution is 2.20. The number of hydrogen-bond acceptors (Lipinski definition) is 4. The van der Waals surface area contributed by atoms with Gasteiger partial charge in [0.05, 0.1) is 6.10 Å². The van der Waals surface area contributed by atoms with E-state index in [1.54, 1.807) is 18.3 Å². The van der Waals surface area contributed by atoms with Gasteiger partial charge in [-0.15, -0.1) is 0 Å². The van der Waals surface area contributed by atoms with E-state index < -0.39 is 0 Å². The predicted octanol–water partition coefficient (Wildman–Crippen LogP) is 5.17. The van der Waals surface area contributed by atoms with Crippen LogP contribution in [0, 0.1) is 6.92 Å². The molecule has 0 unspecified atom stereocenters. The molecular weight excluding hydrogens is 338 g/mol. The largest absolute Gasteiger partial charge is 0.491 e. The minimum Gasteiger partial charge on any atom is -0.491 e. The third-order valence-corrected chi connectivity index (χ3v) is 3.83. The summed E-state index contributed by atoms with van der Waals surface area (Å²) in [5, 5.41) is 6.10. The number of carbonyl (C=O) groups is 1. The molecule has 0 radical (unpaired) electrons. The first-order valence-corrected chi connectivity index (χ1v) is 8.87. The highest BCUT2D eigenvalue weighted by atomic mass is 16.5. The van der Waals surface area contributed by atoms with Crippen LogP contribution in [0.4, 0.5) is 17.2 Å². The van der Waals surface area contributed by atoms with E-state index in [1.165, 1.54) is 0 Å². The zero-order valence-corrected chi connectivity index (χ0v) is 15.7. The fourth-order valence-corrected chi connectivity index (χ4v) is 2.52. The van der Waals surface area contributed by atoms with Crippen LogP contribution >= 0.6 is 0 Å². The number of carbonyl (C=O) groups excluding carboxylic acids is 1. The Bertz CT molecular complexity index is 904. The molecule has 2 aromatic carbocycles. The molecule has 0 saturated heterocycles. The molecule has 0 atom stereocenters. The van der Waals surface area contributed by atoms with E-state index in [9.17, 15) is 4.79 Å². The van der Waals surface area contributed by atoms with E-state index in [4.69, 9.17) is 4.74 Å². The van der Waals surface area contributed by atoms with Gasteiger partial charge in [-0.3, -0.25) is 4.79 Å². The quantitative estimate of drug-likeness (QED) is 0.635. The number of ether oxygens (including phenoxy) is 1. The van der Waals surface area contributed by atoms with Crippen molar-refractivity contribution < 1.29 is 9.53 Å². The Morgan fingerprint density at radius 2 is 1.63 bits per heavy atom. The van der Waals surface area contributed by atoms with Gasteiger partial charge in [0.1, 0.15) is 11.6 Å². The van der Waals surface area contributed by atoms with Crippen LogP contribution in [0.15, 0.2) is 66.9 Å². The molecular formula is C22H23N3O2. The zero-order chi connectivity index (χ0) is 19.2. The van der Waals surface area contributed by atoms with Crippen LogP contribution in [0.1, 0.15) is 29.8 Å². The molecule has 3 rings (SSSR count). The molecule has 1 aromatic heterocycles. The lowest BCUT2D eigenvalue weighted by Crippen LogP contribution is -2.12. The fraction of sp³-hybridized carbons (Fsp3) is 0.182. The van der Waals surface area contributed by atoms with Gasteiger partial charge in [-0.25, -0.2) is 4.98 Å². The van der Waals surface area contributed by atoms with Crippen molar-refractivity contribution in [3.05, 3.63) is 78.0 Å². The molecule has 5 nitrogen and oxygen atoms in total. The van der Waals surface area contributed by atoms with Crippen LogP contribution in [0.3, 0.4) is 0 Å². The first kappa shape index (κ1) is 18.5. The maximum Gasteiger partial charge on any atom is 0.255 e. The second-order valence-corrected chi connectivity index (χ2v) is 6.57. The third kappa shape index (κ3) is 5.31. The van der Waals surface area contributed by atoms with Crippen LogP contribution in [0.5, 0.6) is 5.75 Å².